The topological polar surface area (TPSA) is 50.8 Å². The van der Waals surface area contributed by atoms with Crippen LogP contribution in [-0.4, -0.2) is 30.7 Å². The van der Waals surface area contributed by atoms with E-state index in [4.69, 9.17) is 9.47 Å². The number of nitrogens with zero attached hydrogens (tertiary/aromatic N) is 1. The lowest BCUT2D eigenvalue weighted by Gasteiger charge is -2.29. The second-order valence-electron chi connectivity index (χ2n) is 5.59. The van der Waals surface area contributed by atoms with E-state index in [1.807, 2.05) is 42.5 Å². The lowest BCUT2D eigenvalue weighted by molar-refractivity contribution is -0.121. The third-order valence-corrected chi connectivity index (χ3v) is 4.18. The maximum absolute atomic E-state index is 12.9. The number of likely N-dealkylation sites (N-methyl/N-ethyl adjacent to an activating group) is 1. The molecule has 0 fully saturated rings. The highest BCUT2D eigenvalue weighted by molar-refractivity contribution is 5.95. The summed E-state index contributed by atoms with van der Waals surface area (Å²) in [5.41, 5.74) is 1.69. The van der Waals surface area contributed by atoms with Gasteiger partial charge >= 0.3 is 0 Å². The molecule has 2 aromatic rings. The largest absolute Gasteiger partial charge is 0.454 e. The predicted molar refractivity (Wildman–Crippen MR) is 93.3 cm³/mol. The molecule has 1 aliphatic rings. The molecule has 1 N–H and O–H groups in total. The van der Waals surface area contributed by atoms with Crippen molar-refractivity contribution in [1.82, 2.24) is 4.90 Å². The minimum Gasteiger partial charge on any atom is -0.454 e. The number of rotatable bonds is 6. The number of fused-ring (bicyclic) bond motifs is 1. The summed E-state index contributed by atoms with van der Waals surface area (Å²) in [5.74, 6) is 1.31. The maximum atomic E-state index is 12.9. The Labute approximate surface area is 142 Å². The molecule has 5 heteroatoms. The average molecular weight is 326 g/mol. The van der Waals surface area contributed by atoms with E-state index in [-0.39, 0.29) is 18.7 Å². The fraction of sp³-hybridized carbons (Fsp3) is 0.316. The monoisotopic (exact) mass is 326 g/mol. The Morgan fingerprint density at radius 3 is 2.50 bits per heavy atom. The van der Waals surface area contributed by atoms with Crippen molar-refractivity contribution in [2.24, 2.45) is 0 Å². The van der Waals surface area contributed by atoms with Crippen molar-refractivity contribution in [3.8, 4) is 11.5 Å². The van der Waals surface area contributed by atoms with Gasteiger partial charge in [0.2, 0.25) is 12.7 Å². The van der Waals surface area contributed by atoms with Gasteiger partial charge in [-0.3, -0.25) is 9.69 Å². The van der Waals surface area contributed by atoms with Crippen molar-refractivity contribution < 1.29 is 14.3 Å². The Kier molecular flexibility index (Phi) is 5.01. The number of amides is 1. The number of ether oxygens (including phenoxy) is 2. The highest BCUT2D eigenvalue weighted by Crippen LogP contribution is 2.34. The summed E-state index contributed by atoms with van der Waals surface area (Å²) in [6.07, 6.45) is 0. The van der Waals surface area contributed by atoms with Crippen LogP contribution in [0.25, 0.3) is 0 Å². The van der Waals surface area contributed by atoms with Crippen LogP contribution < -0.4 is 14.8 Å². The lowest BCUT2D eigenvalue weighted by Crippen LogP contribution is -2.37. The Morgan fingerprint density at radius 1 is 1.08 bits per heavy atom. The summed E-state index contributed by atoms with van der Waals surface area (Å²) in [5, 5.41) is 3.00. The van der Waals surface area contributed by atoms with Gasteiger partial charge in [0, 0.05) is 11.8 Å². The van der Waals surface area contributed by atoms with Gasteiger partial charge in [0.25, 0.3) is 0 Å². The molecular formula is C19H22N2O3. The third-order valence-electron chi connectivity index (χ3n) is 4.18. The quantitative estimate of drug-likeness (QED) is 0.883. The van der Waals surface area contributed by atoms with Crippen LogP contribution in [0.15, 0.2) is 48.5 Å². The van der Waals surface area contributed by atoms with Crippen LogP contribution in [0.1, 0.15) is 25.5 Å². The van der Waals surface area contributed by atoms with Gasteiger partial charge in [-0.2, -0.15) is 0 Å². The standard InChI is InChI=1S/C19H22N2O3/c1-3-21(4-2)18(14-8-6-5-7-9-14)19(22)20-15-10-11-16-17(12-15)24-13-23-16/h5-12,18H,3-4,13H2,1-2H3,(H,20,22)/t18-/m0/s1. The number of carbonyl (C=O) groups excluding carboxylic acids is 1. The summed E-state index contributed by atoms with van der Waals surface area (Å²) in [4.78, 5) is 15.1. The van der Waals surface area contributed by atoms with Gasteiger partial charge < -0.3 is 14.8 Å². The zero-order chi connectivity index (χ0) is 16.9. The number of anilines is 1. The van der Waals surface area contributed by atoms with E-state index >= 15 is 0 Å². The van der Waals surface area contributed by atoms with Gasteiger partial charge in [0.1, 0.15) is 6.04 Å². The molecule has 126 valence electrons. The lowest BCUT2D eigenvalue weighted by atomic mass is 10.0. The summed E-state index contributed by atoms with van der Waals surface area (Å²) >= 11 is 0. The fourth-order valence-electron chi connectivity index (χ4n) is 2.94. The van der Waals surface area contributed by atoms with Crippen molar-refractivity contribution in [3.63, 3.8) is 0 Å². The molecule has 0 radical (unpaired) electrons. The minimum atomic E-state index is -0.327. The Morgan fingerprint density at radius 2 is 1.79 bits per heavy atom. The molecule has 0 spiro atoms. The highest BCUT2D eigenvalue weighted by Gasteiger charge is 2.26. The first-order valence-corrected chi connectivity index (χ1v) is 8.22. The van der Waals surface area contributed by atoms with Gasteiger partial charge in [-0.1, -0.05) is 44.2 Å². The zero-order valence-electron chi connectivity index (χ0n) is 14.0. The molecule has 5 nitrogen and oxygen atoms in total. The second-order valence-corrected chi connectivity index (χ2v) is 5.59. The van der Waals surface area contributed by atoms with Crippen LogP contribution in [0.2, 0.25) is 0 Å². The van der Waals surface area contributed by atoms with E-state index in [1.54, 1.807) is 6.07 Å². The number of hydrogen-bond donors (Lipinski definition) is 1. The Balaban J connectivity index is 1.83. The first-order valence-electron chi connectivity index (χ1n) is 8.22. The summed E-state index contributed by atoms with van der Waals surface area (Å²) in [6, 6.07) is 15.0. The summed E-state index contributed by atoms with van der Waals surface area (Å²) in [6.45, 7) is 5.94. The molecule has 0 aliphatic carbocycles. The van der Waals surface area contributed by atoms with Crippen LogP contribution >= 0.6 is 0 Å². The first kappa shape index (κ1) is 16.3. The van der Waals surface area contributed by atoms with E-state index < -0.39 is 0 Å². The minimum absolute atomic E-state index is 0.0521. The van der Waals surface area contributed by atoms with E-state index in [1.165, 1.54) is 0 Å². The first-order chi connectivity index (χ1) is 11.7. The molecular weight excluding hydrogens is 304 g/mol. The van der Waals surface area contributed by atoms with Crippen LogP contribution in [0.5, 0.6) is 11.5 Å². The molecule has 2 aromatic carbocycles. The van der Waals surface area contributed by atoms with Gasteiger partial charge in [-0.05, 0) is 30.8 Å². The van der Waals surface area contributed by atoms with Crippen LogP contribution in [0, 0.1) is 0 Å². The van der Waals surface area contributed by atoms with Crippen LogP contribution in [0.4, 0.5) is 5.69 Å². The number of nitrogens with one attached hydrogen (secondary N) is 1. The smallest absolute Gasteiger partial charge is 0.246 e. The van der Waals surface area contributed by atoms with Crippen molar-refractivity contribution in [2.45, 2.75) is 19.9 Å². The Hall–Kier alpha value is -2.53. The molecule has 1 aliphatic heterocycles. The molecule has 0 aromatic heterocycles. The highest BCUT2D eigenvalue weighted by atomic mass is 16.7. The second kappa shape index (κ2) is 7.36. The molecule has 0 bridgehead atoms. The van der Waals surface area contributed by atoms with E-state index in [0.717, 1.165) is 18.7 Å². The van der Waals surface area contributed by atoms with E-state index in [9.17, 15) is 4.79 Å². The SMILES string of the molecule is CCN(CC)[C@H](C(=O)Nc1ccc2c(c1)OCO2)c1ccccc1. The molecule has 0 saturated carbocycles. The van der Waals surface area contributed by atoms with Crippen molar-refractivity contribution >= 4 is 11.6 Å². The number of benzene rings is 2. The van der Waals surface area contributed by atoms with Gasteiger partial charge in [-0.15, -0.1) is 0 Å². The predicted octanol–water partition coefficient (Wildman–Crippen LogP) is 3.44. The number of carbonyl (C=O) groups is 1. The van der Waals surface area contributed by atoms with Crippen LogP contribution in [0.3, 0.4) is 0 Å². The van der Waals surface area contributed by atoms with Gasteiger partial charge in [0.15, 0.2) is 11.5 Å². The average Bonchev–Trinajstić information content (AvgIpc) is 3.07. The van der Waals surface area contributed by atoms with Gasteiger partial charge in [0.05, 0.1) is 0 Å². The normalized spacial score (nSPS) is 13.8. The third kappa shape index (κ3) is 3.36. The van der Waals surface area contributed by atoms with Crippen molar-refractivity contribution in [2.75, 3.05) is 25.2 Å². The summed E-state index contributed by atoms with van der Waals surface area (Å²) < 4.78 is 10.7. The molecule has 1 amide bonds. The molecule has 0 saturated heterocycles. The number of hydrogen-bond acceptors (Lipinski definition) is 4. The molecule has 1 atom stereocenters. The van der Waals surface area contributed by atoms with Crippen molar-refractivity contribution in [1.29, 1.82) is 0 Å². The molecule has 1 heterocycles. The molecule has 3 rings (SSSR count). The molecule has 0 unspecified atom stereocenters. The fourth-order valence-corrected chi connectivity index (χ4v) is 2.94. The van der Waals surface area contributed by atoms with E-state index in [2.05, 4.69) is 24.1 Å². The van der Waals surface area contributed by atoms with Gasteiger partial charge in [-0.25, -0.2) is 0 Å². The molecule has 24 heavy (non-hydrogen) atoms. The zero-order valence-corrected chi connectivity index (χ0v) is 14.0. The summed E-state index contributed by atoms with van der Waals surface area (Å²) in [7, 11) is 0. The van der Waals surface area contributed by atoms with Crippen molar-refractivity contribution in [3.05, 3.63) is 54.1 Å². The van der Waals surface area contributed by atoms with E-state index in [0.29, 0.717) is 17.2 Å². The Bertz CT molecular complexity index is 699. The van der Waals surface area contributed by atoms with Crippen LogP contribution in [-0.2, 0) is 4.79 Å². The maximum Gasteiger partial charge on any atom is 0.246 e.